The van der Waals surface area contributed by atoms with Gasteiger partial charge in [0.1, 0.15) is 0 Å². The zero-order valence-electron chi connectivity index (χ0n) is 15.1. The largest absolute Gasteiger partial charge is 0.350 e. The lowest BCUT2D eigenvalue weighted by molar-refractivity contribution is -0.117. The molecule has 0 spiro atoms. The zero-order valence-corrected chi connectivity index (χ0v) is 15.8. The number of piperidine rings is 1. The quantitative estimate of drug-likeness (QED) is 0.798. The van der Waals surface area contributed by atoms with Crippen molar-refractivity contribution in [2.45, 2.75) is 25.4 Å². The molecule has 2 aromatic rings. The van der Waals surface area contributed by atoms with Crippen molar-refractivity contribution < 1.29 is 4.79 Å². The molecule has 0 radical (unpaired) electrons. The van der Waals surface area contributed by atoms with E-state index >= 15 is 0 Å². The summed E-state index contributed by atoms with van der Waals surface area (Å²) < 4.78 is 0. The second-order valence-corrected chi connectivity index (χ2v) is 7.19. The number of halogens is 1. The Kier molecular flexibility index (Phi) is 6.64. The minimum atomic E-state index is -0.0736. The highest BCUT2D eigenvalue weighted by molar-refractivity contribution is 6.30. The van der Waals surface area contributed by atoms with Gasteiger partial charge in [-0.1, -0.05) is 35.9 Å². The maximum Gasteiger partial charge on any atom is 0.244 e. The third-order valence-electron chi connectivity index (χ3n) is 4.72. The molecule has 0 atom stereocenters. The molecule has 0 aliphatic carbocycles. The van der Waals surface area contributed by atoms with E-state index in [-0.39, 0.29) is 11.9 Å². The molecule has 1 aliphatic rings. The Balaban J connectivity index is 1.42. The lowest BCUT2D eigenvalue weighted by Gasteiger charge is -2.32. The van der Waals surface area contributed by atoms with Gasteiger partial charge in [0.05, 0.1) is 11.6 Å². The summed E-state index contributed by atoms with van der Waals surface area (Å²) in [7, 11) is 0. The van der Waals surface area contributed by atoms with Gasteiger partial charge in [0.25, 0.3) is 0 Å². The van der Waals surface area contributed by atoms with E-state index in [2.05, 4.69) is 28.4 Å². The molecule has 1 saturated heterocycles. The summed E-state index contributed by atoms with van der Waals surface area (Å²) in [6, 6.07) is 17.4. The molecule has 0 aromatic heterocycles. The number of carbonyl (C=O) groups is 1. The van der Waals surface area contributed by atoms with Crippen LogP contribution >= 0.6 is 11.6 Å². The Morgan fingerprint density at radius 2 is 1.81 bits per heavy atom. The van der Waals surface area contributed by atoms with Crippen LogP contribution in [0.4, 0.5) is 0 Å². The molecule has 0 saturated carbocycles. The van der Waals surface area contributed by atoms with Crippen LogP contribution in [0.1, 0.15) is 29.5 Å². The lowest BCUT2D eigenvalue weighted by Crippen LogP contribution is -2.43. The van der Waals surface area contributed by atoms with E-state index in [4.69, 9.17) is 16.9 Å². The third kappa shape index (κ3) is 5.96. The van der Waals surface area contributed by atoms with Crippen LogP contribution in [0.2, 0.25) is 5.02 Å². The van der Waals surface area contributed by atoms with E-state index in [1.165, 1.54) is 5.56 Å². The molecule has 4 nitrogen and oxygen atoms in total. The molecule has 5 heteroatoms. The molecule has 3 rings (SSSR count). The highest BCUT2D eigenvalue weighted by Crippen LogP contribution is 2.16. The lowest BCUT2D eigenvalue weighted by atomic mass is 10.0. The van der Waals surface area contributed by atoms with Crippen molar-refractivity contribution in [3.05, 3.63) is 76.3 Å². The number of hydrogen-bond donors (Lipinski definition) is 1. The number of likely N-dealkylation sites (tertiary alicyclic amines) is 1. The Morgan fingerprint density at radius 3 is 2.44 bits per heavy atom. The maximum atomic E-state index is 12.1. The average Bonchev–Trinajstić information content (AvgIpc) is 2.70. The van der Waals surface area contributed by atoms with Crippen LogP contribution in [0.5, 0.6) is 0 Å². The Hall–Kier alpha value is -2.61. The zero-order chi connectivity index (χ0) is 19.1. The third-order valence-corrected chi connectivity index (χ3v) is 4.97. The Morgan fingerprint density at radius 1 is 1.15 bits per heavy atom. The first kappa shape index (κ1) is 19.2. The van der Waals surface area contributed by atoms with Crippen molar-refractivity contribution in [1.29, 1.82) is 5.26 Å². The second-order valence-electron chi connectivity index (χ2n) is 6.75. The van der Waals surface area contributed by atoms with Gasteiger partial charge in [-0.25, -0.2) is 0 Å². The van der Waals surface area contributed by atoms with Crippen LogP contribution < -0.4 is 5.32 Å². The number of benzene rings is 2. The maximum absolute atomic E-state index is 12.1. The van der Waals surface area contributed by atoms with Crippen molar-refractivity contribution in [1.82, 2.24) is 10.2 Å². The normalized spacial score (nSPS) is 15.6. The summed E-state index contributed by atoms with van der Waals surface area (Å²) >= 11 is 5.93. The van der Waals surface area contributed by atoms with E-state index in [0.29, 0.717) is 5.56 Å². The summed E-state index contributed by atoms with van der Waals surface area (Å²) in [6.45, 7) is 2.84. The monoisotopic (exact) mass is 379 g/mol. The number of nitrogens with one attached hydrogen (secondary N) is 1. The van der Waals surface area contributed by atoms with Crippen LogP contribution in [0.25, 0.3) is 6.08 Å². The van der Waals surface area contributed by atoms with E-state index in [1.54, 1.807) is 24.3 Å². The van der Waals surface area contributed by atoms with Crippen molar-refractivity contribution in [2.75, 3.05) is 13.1 Å². The standard InChI is InChI=1S/C22H22ClN3O/c23-20-8-5-19(6-9-20)16-26-13-11-21(12-14-26)25-22(27)10-7-17-1-3-18(15-24)4-2-17/h1-10,21H,11-14,16H2,(H,25,27). The predicted octanol–water partition coefficient (Wildman–Crippen LogP) is 4.01. The molecule has 1 aliphatic heterocycles. The highest BCUT2D eigenvalue weighted by Gasteiger charge is 2.20. The summed E-state index contributed by atoms with van der Waals surface area (Å²) in [5, 5.41) is 12.6. The number of rotatable bonds is 5. The van der Waals surface area contributed by atoms with Gasteiger partial charge in [-0.2, -0.15) is 5.26 Å². The minimum Gasteiger partial charge on any atom is -0.350 e. The van der Waals surface area contributed by atoms with Crippen LogP contribution in [-0.4, -0.2) is 29.9 Å². The van der Waals surface area contributed by atoms with Crippen LogP contribution in [0.15, 0.2) is 54.6 Å². The molecule has 0 unspecified atom stereocenters. The molecular formula is C22H22ClN3O. The predicted molar refractivity (Wildman–Crippen MR) is 108 cm³/mol. The SMILES string of the molecule is N#Cc1ccc(C=CC(=O)NC2CCN(Cc3ccc(Cl)cc3)CC2)cc1. The fourth-order valence-electron chi connectivity index (χ4n) is 3.17. The van der Waals surface area contributed by atoms with Gasteiger partial charge in [0.2, 0.25) is 5.91 Å². The van der Waals surface area contributed by atoms with Gasteiger partial charge < -0.3 is 5.32 Å². The van der Waals surface area contributed by atoms with Gasteiger partial charge in [-0.05, 0) is 54.3 Å². The first-order valence-corrected chi connectivity index (χ1v) is 9.46. The molecule has 2 aromatic carbocycles. The molecule has 0 bridgehead atoms. The van der Waals surface area contributed by atoms with Gasteiger partial charge in [-0.3, -0.25) is 9.69 Å². The summed E-state index contributed by atoms with van der Waals surface area (Å²) in [5.74, 6) is -0.0736. The number of amides is 1. The van der Waals surface area contributed by atoms with Crippen LogP contribution in [-0.2, 0) is 11.3 Å². The number of nitriles is 1. The van der Waals surface area contributed by atoms with Gasteiger partial charge >= 0.3 is 0 Å². The van der Waals surface area contributed by atoms with Crippen molar-refractivity contribution in [3.63, 3.8) is 0 Å². The van der Waals surface area contributed by atoms with Gasteiger partial charge in [0.15, 0.2) is 0 Å². The molecule has 27 heavy (non-hydrogen) atoms. The molecule has 1 heterocycles. The Bertz CT molecular complexity index is 829. The van der Waals surface area contributed by atoms with Crippen molar-refractivity contribution in [3.8, 4) is 6.07 Å². The van der Waals surface area contributed by atoms with Gasteiger partial charge in [0, 0.05) is 36.8 Å². The number of nitrogens with zero attached hydrogens (tertiary/aromatic N) is 2. The minimum absolute atomic E-state index is 0.0736. The van der Waals surface area contributed by atoms with E-state index in [1.807, 2.05) is 24.3 Å². The molecule has 1 amide bonds. The molecular weight excluding hydrogens is 358 g/mol. The van der Waals surface area contributed by atoms with Crippen molar-refractivity contribution >= 4 is 23.6 Å². The smallest absolute Gasteiger partial charge is 0.244 e. The molecule has 138 valence electrons. The van der Waals surface area contributed by atoms with E-state index < -0.39 is 0 Å². The summed E-state index contributed by atoms with van der Waals surface area (Å²) in [6.07, 6.45) is 5.22. The van der Waals surface area contributed by atoms with E-state index in [0.717, 1.165) is 43.1 Å². The average molecular weight is 380 g/mol. The first-order chi connectivity index (χ1) is 13.1. The second kappa shape index (κ2) is 9.36. The fourth-order valence-corrected chi connectivity index (χ4v) is 3.30. The molecule has 1 N–H and O–H groups in total. The summed E-state index contributed by atoms with van der Waals surface area (Å²) in [5.41, 5.74) is 2.77. The van der Waals surface area contributed by atoms with Gasteiger partial charge in [-0.15, -0.1) is 0 Å². The Labute approximate surface area is 165 Å². The first-order valence-electron chi connectivity index (χ1n) is 9.08. The topological polar surface area (TPSA) is 56.1 Å². The van der Waals surface area contributed by atoms with Crippen LogP contribution in [0.3, 0.4) is 0 Å². The van der Waals surface area contributed by atoms with E-state index in [9.17, 15) is 4.79 Å². The highest BCUT2D eigenvalue weighted by atomic mass is 35.5. The fraction of sp³-hybridized carbons (Fsp3) is 0.273. The number of carbonyl (C=O) groups excluding carboxylic acids is 1. The van der Waals surface area contributed by atoms with Crippen LogP contribution in [0, 0.1) is 11.3 Å². The number of hydrogen-bond acceptors (Lipinski definition) is 3. The molecule has 1 fully saturated rings. The van der Waals surface area contributed by atoms with Crippen molar-refractivity contribution in [2.24, 2.45) is 0 Å². The summed E-state index contributed by atoms with van der Waals surface area (Å²) in [4.78, 5) is 14.5.